The maximum Gasteiger partial charge on any atom is 0.126 e. The molecule has 0 aliphatic carbocycles. The zero-order valence-corrected chi connectivity index (χ0v) is 9.66. The summed E-state index contributed by atoms with van der Waals surface area (Å²) in [7, 11) is 0. The highest BCUT2D eigenvalue weighted by atomic mass is 35.5. The minimum Gasteiger partial charge on any atom is -0.486 e. The fourth-order valence-corrected chi connectivity index (χ4v) is 1.38. The van der Waals surface area contributed by atoms with Gasteiger partial charge in [-0.1, -0.05) is 24.3 Å². The molecule has 0 radical (unpaired) electrons. The molecule has 0 aromatic heterocycles. The third kappa shape index (κ3) is 3.26. The summed E-state index contributed by atoms with van der Waals surface area (Å²) in [5, 5.41) is 10.1. The molecule has 0 spiro atoms. The molecule has 0 saturated heterocycles. The highest BCUT2D eigenvalue weighted by Gasteiger charge is 2.11. The Morgan fingerprint density at radius 3 is 2.67 bits per heavy atom. The minimum absolute atomic E-state index is 0.0938. The Labute approximate surface area is 95.1 Å². The SMILES string of the molecule is C=CC(C)Oc1ccc(Cl)cc1[C@H](C)O. The molecule has 0 aliphatic rings. The molecule has 82 valence electrons. The van der Waals surface area contributed by atoms with Crippen LogP contribution < -0.4 is 4.74 Å². The molecule has 1 aromatic rings. The van der Waals surface area contributed by atoms with Crippen LogP contribution in [0.15, 0.2) is 30.9 Å². The molecular formula is C12H15ClO2. The number of hydrogen-bond donors (Lipinski definition) is 1. The first kappa shape index (κ1) is 12.1. The van der Waals surface area contributed by atoms with Crippen LogP contribution in [0.3, 0.4) is 0 Å². The average Bonchev–Trinajstić information content (AvgIpc) is 2.20. The average molecular weight is 227 g/mol. The van der Waals surface area contributed by atoms with Crippen LogP contribution in [0.25, 0.3) is 0 Å². The van der Waals surface area contributed by atoms with Crippen molar-refractivity contribution in [2.45, 2.75) is 26.1 Å². The van der Waals surface area contributed by atoms with Crippen LogP contribution in [-0.2, 0) is 0 Å². The van der Waals surface area contributed by atoms with Crippen molar-refractivity contribution in [1.29, 1.82) is 0 Å². The lowest BCUT2D eigenvalue weighted by atomic mass is 10.1. The second-order valence-electron chi connectivity index (χ2n) is 3.42. The number of benzene rings is 1. The molecule has 1 aromatic carbocycles. The molecule has 1 unspecified atom stereocenters. The molecule has 15 heavy (non-hydrogen) atoms. The van der Waals surface area contributed by atoms with Crippen LogP contribution in [0.2, 0.25) is 5.02 Å². The summed E-state index contributed by atoms with van der Waals surface area (Å²) >= 11 is 5.84. The number of aliphatic hydroxyl groups excluding tert-OH is 1. The molecule has 0 amide bonds. The summed E-state index contributed by atoms with van der Waals surface area (Å²) in [4.78, 5) is 0. The van der Waals surface area contributed by atoms with Crippen LogP contribution in [-0.4, -0.2) is 11.2 Å². The summed E-state index contributed by atoms with van der Waals surface area (Å²) in [6.07, 6.45) is 1.000. The predicted octanol–water partition coefficient (Wildman–Crippen LogP) is 3.35. The highest BCUT2D eigenvalue weighted by Crippen LogP contribution is 2.29. The van der Waals surface area contributed by atoms with Gasteiger partial charge in [0.15, 0.2) is 0 Å². The van der Waals surface area contributed by atoms with Crippen molar-refractivity contribution in [3.63, 3.8) is 0 Å². The Kier molecular flexibility index (Phi) is 4.18. The summed E-state index contributed by atoms with van der Waals surface area (Å²) in [6, 6.07) is 5.19. The molecule has 0 saturated carbocycles. The molecule has 0 fully saturated rings. The van der Waals surface area contributed by atoms with Crippen LogP contribution in [0.4, 0.5) is 0 Å². The van der Waals surface area contributed by atoms with E-state index in [9.17, 15) is 5.11 Å². The van der Waals surface area contributed by atoms with Gasteiger partial charge in [-0.2, -0.15) is 0 Å². The van der Waals surface area contributed by atoms with Crippen molar-refractivity contribution >= 4 is 11.6 Å². The monoisotopic (exact) mass is 226 g/mol. The van der Waals surface area contributed by atoms with E-state index in [0.717, 1.165) is 0 Å². The maximum atomic E-state index is 9.55. The van der Waals surface area contributed by atoms with E-state index in [1.165, 1.54) is 0 Å². The van der Waals surface area contributed by atoms with Gasteiger partial charge in [-0.3, -0.25) is 0 Å². The Morgan fingerprint density at radius 1 is 1.47 bits per heavy atom. The molecule has 0 heterocycles. The Morgan fingerprint density at radius 2 is 2.13 bits per heavy atom. The summed E-state index contributed by atoms with van der Waals surface area (Å²) < 4.78 is 5.57. The predicted molar refractivity (Wildman–Crippen MR) is 62.4 cm³/mol. The molecule has 0 aliphatic heterocycles. The first-order valence-corrected chi connectivity index (χ1v) is 5.19. The van der Waals surface area contributed by atoms with Gasteiger partial charge in [0.25, 0.3) is 0 Å². The molecule has 1 rings (SSSR count). The number of ether oxygens (including phenoxy) is 1. The molecule has 3 heteroatoms. The van der Waals surface area contributed by atoms with Gasteiger partial charge in [0.05, 0.1) is 6.10 Å². The maximum absolute atomic E-state index is 9.55. The van der Waals surface area contributed by atoms with Gasteiger partial charge in [0.1, 0.15) is 11.9 Å². The van der Waals surface area contributed by atoms with Crippen molar-refractivity contribution in [2.24, 2.45) is 0 Å². The van der Waals surface area contributed by atoms with Crippen molar-refractivity contribution in [3.05, 3.63) is 41.4 Å². The lowest BCUT2D eigenvalue weighted by molar-refractivity contribution is 0.187. The highest BCUT2D eigenvalue weighted by molar-refractivity contribution is 6.30. The van der Waals surface area contributed by atoms with Crippen LogP contribution in [0.5, 0.6) is 5.75 Å². The first-order chi connectivity index (χ1) is 7.04. The van der Waals surface area contributed by atoms with E-state index < -0.39 is 6.10 Å². The fraction of sp³-hybridized carbons (Fsp3) is 0.333. The van der Waals surface area contributed by atoms with Gasteiger partial charge in [-0.15, -0.1) is 0 Å². The number of hydrogen-bond acceptors (Lipinski definition) is 2. The van der Waals surface area contributed by atoms with E-state index in [4.69, 9.17) is 16.3 Å². The number of halogens is 1. The van der Waals surface area contributed by atoms with Crippen LogP contribution >= 0.6 is 11.6 Å². The van der Waals surface area contributed by atoms with E-state index in [1.807, 2.05) is 6.92 Å². The zero-order chi connectivity index (χ0) is 11.4. The second-order valence-corrected chi connectivity index (χ2v) is 3.85. The van der Waals surface area contributed by atoms with E-state index >= 15 is 0 Å². The van der Waals surface area contributed by atoms with E-state index in [-0.39, 0.29) is 6.10 Å². The summed E-state index contributed by atoms with van der Waals surface area (Å²) in [6.45, 7) is 7.20. The van der Waals surface area contributed by atoms with E-state index in [2.05, 4.69) is 6.58 Å². The molecular weight excluding hydrogens is 212 g/mol. The second kappa shape index (κ2) is 5.19. The van der Waals surface area contributed by atoms with E-state index in [0.29, 0.717) is 16.3 Å². The van der Waals surface area contributed by atoms with Gasteiger partial charge in [-0.25, -0.2) is 0 Å². The molecule has 2 atom stereocenters. The van der Waals surface area contributed by atoms with Crippen molar-refractivity contribution in [2.75, 3.05) is 0 Å². The smallest absolute Gasteiger partial charge is 0.126 e. The Hall–Kier alpha value is -0.990. The first-order valence-electron chi connectivity index (χ1n) is 4.81. The van der Waals surface area contributed by atoms with Crippen molar-refractivity contribution in [1.82, 2.24) is 0 Å². The summed E-state index contributed by atoms with van der Waals surface area (Å²) in [5.41, 5.74) is 0.691. The lowest BCUT2D eigenvalue weighted by Gasteiger charge is -2.16. The Balaban J connectivity index is 3.00. The number of aliphatic hydroxyl groups is 1. The standard InChI is InChI=1S/C12H15ClO2/c1-4-8(2)15-12-6-5-10(13)7-11(12)9(3)14/h4-9,14H,1H2,2-3H3/t8?,9-/m0/s1. The third-order valence-electron chi connectivity index (χ3n) is 2.07. The lowest BCUT2D eigenvalue weighted by Crippen LogP contribution is -2.09. The minimum atomic E-state index is -0.601. The fourth-order valence-electron chi connectivity index (χ4n) is 1.20. The van der Waals surface area contributed by atoms with Gasteiger partial charge >= 0.3 is 0 Å². The quantitative estimate of drug-likeness (QED) is 0.798. The zero-order valence-electron chi connectivity index (χ0n) is 8.90. The van der Waals surface area contributed by atoms with Crippen molar-refractivity contribution < 1.29 is 9.84 Å². The third-order valence-corrected chi connectivity index (χ3v) is 2.30. The number of rotatable bonds is 4. The topological polar surface area (TPSA) is 29.5 Å². The summed E-state index contributed by atoms with van der Waals surface area (Å²) in [5.74, 6) is 0.641. The molecule has 2 nitrogen and oxygen atoms in total. The van der Waals surface area contributed by atoms with Crippen molar-refractivity contribution in [3.8, 4) is 5.75 Å². The van der Waals surface area contributed by atoms with Crippen LogP contribution in [0.1, 0.15) is 25.5 Å². The molecule has 0 bridgehead atoms. The van der Waals surface area contributed by atoms with Gasteiger partial charge in [0, 0.05) is 10.6 Å². The van der Waals surface area contributed by atoms with Gasteiger partial charge < -0.3 is 9.84 Å². The largest absolute Gasteiger partial charge is 0.486 e. The van der Waals surface area contributed by atoms with E-state index in [1.54, 1.807) is 31.2 Å². The molecule has 1 N–H and O–H groups in total. The normalized spacial score (nSPS) is 14.4. The van der Waals surface area contributed by atoms with Gasteiger partial charge in [-0.05, 0) is 32.0 Å². The van der Waals surface area contributed by atoms with Gasteiger partial charge in [0.2, 0.25) is 0 Å². The van der Waals surface area contributed by atoms with Crippen LogP contribution in [0, 0.1) is 0 Å². The Bertz CT molecular complexity index is 347.